The molecule has 0 amide bonds. The smallest absolute Gasteiger partial charge is 0.287 e. The first-order chi connectivity index (χ1) is 8.84. The topological polar surface area (TPSA) is 50.2 Å². The maximum absolute atomic E-state index is 12.0. The molecule has 19 heavy (non-hydrogen) atoms. The zero-order valence-electron chi connectivity index (χ0n) is 12.3. The minimum absolute atomic E-state index is 0.00567. The fourth-order valence-electron chi connectivity index (χ4n) is 1.56. The van der Waals surface area contributed by atoms with Crippen LogP contribution in [0.4, 0.5) is 5.69 Å². The normalized spacial score (nSPS) is 11.6. The molecule has 1 rings (SSSR count). The predicted molar refractivity (Wildman–Crippen MR) is 80.1 cm³/mol. The predicted octanol–water partition coefficient (Wildman–Crippen LogP) is 2.23. The molecular weight excluding hydrogens is 264 g/mol. The lowest BCUT2D eigenvalue weighted by Crippen LogP contribution is -2.32. The Morgan fingerprint density at radius 1 is 1.42 bits per heavy atom. The van der Waals surface area contributed by atoms with Crippen LogP contribution in [-0.4, -0.2) is 40.9 Å². The summed E-state index contributed by atoms with van der Waals surface area (Å²) < 4.78 is 1.38. The van der Waals surface area contributed by atoms with Crippen LogP contribution in [0, 0.1) is 0 Å². The molecule has 0 radical (unpaired) electrons. The van der Waals surface area contributed by atoms with E-state index in [-0.39, 0.29) is 16.6 Å². The largest absolute Gasteiger partial charge is 0.381 e. The van der Waals surface area contributed by atoms with Gasteiger partial charge in [-0.1, -0.05) is 11.6 Å². The van der Waals surface area contributed by atoms with Crippen molar-refractivity contribution in [3.63, 3.8) is 0 Å². The van der Waals surface area contributed by atoms with E-state index in [1.165, 1.54) is 4.68 Å². The average Bonchev–Trinajstić information content (AvgIpc) is 2.33. The van der Waals surface area contributed by atoms with Gasteiger partial charge in [-0.2, -0.15) is 5.10 Å². The molecule has 5 nitrogen and oxygen atoms in total. The molecule has 1 aromatic heterocycles. The van der Waals surface area contributed by atoms with E-state index >= 15 is 0 Å². The van der Waals surface area contributed by atoms with Crippen LogP contribution in [0.5, 0.6) is 0 Å². The van der Waals surface area contributed by atoms with Gasteiger partial charge in [-0.3, -0.25) is 4.79 Å². The van der Waals surface area contributed by atoms with Crippen LogP contribution in [0.2, 0.25) is 5.02 Å². The molecule has 0 aliphatic rings. The first-order valence-corrected chi connectivity index (χ1v) is 6.93. The molecule has 1 aromatic rings. The number of nitrogens with zero attached hydrogens (tertiary/aromatic N) is 3. The molecule has 0 atom stereocenters. The molecular formula is C13H23ClN4O. The Kier molecular flexibility index (Phi) is 5.82. The first-order valence-electron chi connectivity index (χ1n) is 6.56. The first kappa shape index (κ1) is 16.0. The monoisotopic (exact) mass is 286 g/mol. The lowest BCUT2D eigenvalue weighted by atomic mass is 10.3. The summed E-state index contributed by atoms with van der Waals surface area (Å²) in [5, 5.41) is 7.48. The van der Waals surface area contributed by atoms with Crippen LogP contribution in [0.15, 0.2) is 11.0 Å². The third kappa shape index (κ3) is 4.21. The standard InChI is InChI=1S/C13H23ClN4O/c1-9(2)17(5)7-6-15-11-8-16-18(10(3)4)13(19)12(11)14/h8-10,15H,6-7H2,1-5H3. The van der Waals surface area contributed by atoms with Crippen molar-refractivity contribution in [1.29, 1.82) is 0 Å². The van der Waals surface area contributed by atoms with Gasteiger partial charge in [0.25, 0.3) is 5.56 Å². The zero-order valence-corrected chi connectivity index (χ0v) is 13.0. The van der Waals surface area contributed by atoms with Crippen LogP contribution in [-0.2, 0) is 0 Å². The molecule has 0 spiro atoms. The van der Waals surface area contributed by atoms with Gasteiger partial charge in [0, 0.05) is 19.1 Å². The van der Waals surface area contributed by atoms with Gasteiger partial charge in [0.1, 0.15) is 5.02 Å². The van der Waals surface area contributed by atoms with E-state index in [1.807, 2.05) is 13.8 Å². The van der Waals surface area contributed by atoms with Gasteiger partial charge in [-0.15, -0.1) is 0 Å². The Hall–Kier alpha value is -1.07. The van der Waals surface area contributed by atoms with E-state index in [2.05, 4.69) is 36.2 Å². The van der Waals surface area contributed by atoms with Gasteiger partial charge in [0.15, 0.2) is 0 Å². The van der Waals surface area contributed by atoms with Crippen LogP contribution < -0.4 is 10.9 Å². The van der Waals surface area contributed by atoms with Crippen molar-refractivity contribution < 1.29 is 0 Å². The maximum atomic E-state index is 12.0. The van der Waals surface area contributed by atoms with Crippen LogP contribution in [0.25, 0.3) is 0 Å². The summed E-state index contributed by atoms with van der Waals surface area (Å²) in [6.45, 7) is 9.67. The molecule has 0 fully saturated rings. The number of hydrogen-bond acceptors (Lipinski definition) is 4. The fourth-order valence-corrected chi connectivity index (χ4v) is 1.76. The Balaban J connectivity index is 2.71. The van der Waals surface area contributed by atoms with Gasteiger partial charge in [0.2, 0.25) is 0 Å². The van der Waals surface area contributed by atoms with E-state index < -0.39 is 0 Å². The minimum Gasteiger partial charge on any atom is -0.381 e. The van der Waals surface area contributed by atoms with Crippen LogP contribution in [0.1, 0.15) is 33.7 Å². The fraction of sp³-hybridized carbons (Fsp3) is 0.692. The second-order valence-corrected chi connectivity index (χ2v) is 5.59. The number of nitrogens with one attached hydrogen (secondary N) is 1. The van der Waals surface area contributed by atoms with Crippen LogP contribution in [0.3, 0.4) is 0 Å². The minimum atomic E-state index is -0.251. The molecule has 0 aliphatic carbocycles. The molecule has 0 aliphatic heterocycles. The highest BCUT2D eigenvalue weighted by atomic mass is 35.5. The lowest BCUT2D eigenvalue weighted by Gasteiger charge is -2.21. The highest BCUT2D eigenvalue weighted by molar-refractivity contribution is 6.32. The van der Waals surface area contributed by atoms with E-state index in [0.717, 1.165) is 13.1 Å². The van der Waals surface area contributed by atoms with E-state index in [1.54, 1.807) is 6.20 Å². The summed E-state index contributed by atoms with van der Waals surface area (Å²) >= 11 is 6.07. The second-order valence-electron chi connectivity index (χ2n) is 5.22. The third-order valence-electron chi connectivity index (χ3n) is 3.09. The highest BCUT2D eigenvalue weighted by Crippen LogP contribution is 2.15. The Labute approximate surface area is 119 Å². The van der Waals surface area contributed by atoms with Crippen molar-refractivity contribution in [2.24, 2.45) is 0 Å². The van der Waals surface area contributed by atoms with Gasteiger partial charge in [0.05, 0.1) is 17.9 Å². The molecule has 108 valence electrons. The van der Waals surface area contributed by atoms with Gasteiger partial charge < -0.3 is 10.2 Å². The molecule has 1 heterocycles. The van der Waals surface area contributed by atoms with Crippen molar-refractivity contribution in [2.45, 2.75) is 39.8 Å². The molecule has 0 saturated carbocycles. The molecule has 6 heteroatoms. The summed E-state index contributed by atoms with van der Waals surface area (Å²) in [5.74, 6) is 0. The van der Waals surface area contributed by atoms with Crippen LogP contribution >= 0.6 is 11.6 Å². The second kappa shape index (κ2) is 6.91. The van der Waals surface area contributed by atoms with Crippen molar-refractivity contribution in [3.05, 3.63) is 21.6 Å². The molecule has 0 bridgehead atoms. The summed E-state index contributed by atoms with van der Waals surface area (Å²) in [6, 6.07) is 0.496. The Bertz CT molecular complexity index is 470. The average molecular weight is 287 g/mol. The van der Waals surface area contributed by atoms with Gasteiger partial charge in [-0.05, 0) is 34.7 Å². The number of anilines is 1. The van der Waals surface area contributed by atoms with Gasteiger partial charge >= 0.3 is 0 Å². The molecule has 0 saturated heterocycles. The lowest BCUT2D eigenvalue weighted by molar-refractivity contribution is 0.284. The number of likely N-dealkylation sites (N-methyl/N-ethyl adjacent to an activating group) is 1. The number of aromatic nitrogens is 2. The van der Waals surface area contributed by atoms with E-state index in [9.17, 15) is 4.79 Å². The number of rotatable bonds is 6. The Morgan fingerprint density at radius 2 is 2.05 bits per heavy atom. The maximum Gasteiger partial charge on any atom is 0.287 e. The SMILES string of the molecule is CC(C)N(C)CCNc1cnn(C(C)C)c(=O)c1Cl. The summed E-state index contributed by atoms with van der Waals surface area (Å²) in [7, 11) is 2.06. The highest BCUT2D eigenvalue weighted by Gasteiger charge is 2.11. The van der Waals surface area contributed by atoms with Gasteiger partial charge in [-0.25, -0.2) is 4.68 Å². The third-order valence-corrected chi connectivity index (χ3v) is 3.46. The Morgan fingerprint density at radius 3 is 2.58 bits per heavy atom. The van der Waals surface area contributed by atoms with Crippen molar-refractivity contribution in [2.75, 3.05) is 25.5 Å². The number of hydrogen-bond donors (Lipinski definition) is 1. The van der Waals surface area contributed by atoms with E-state index in [4.69, 9.17) is 11.6 Å². The molecule has 0 aromatic carbocycles. The summed E-state index contributed by atoms with van der Waals surface area (Å²) in [4.78, 5) is 14.2. The van der Waals surface area contributed by atoms with Crippen molar-refractivity contribution >= 4 is 17.3 Å². The van der Waals surface area contributed by atoms with E-state index in [0.29, 0.717) is 11.7 Å². The quantitative estimate of drug-likeness (QED) is 0.871. The summed E-state index contributed by atoms with van der Waals surface area (Å²) in [5.41, 5.74) is 0.347. The number of halogens is 1. The zero-order chi connectivity index (χ0) is 14.6. The summed E-state index contributed by atoms with van der Waals surface area (Å²) in [6.07, 6.45) is 1.61. The molecule has 0 unspecified atom stereocenters. The van der Waals surface area contributed by atoms with Crippen molar-refractivity contribution in [3.8, 4) is 0 Å². The van der Waals surface area contributed by atoms with Crippen molar-refractivity contribution in [1.82, 2.24) is 14.7 Å². The molecule has 1 N–H and O–H groups in total.